The normalized spacial score (nSPS) is 11.1. The van der Waals surface area contributed by atoms with Crippen LogP contribution in [0.2, 0.25) is 0 Å². The SMILES string of the molecule is CCOc1cc(NC(=NC)NCCCOC)ccc1OC. The number of methoxy groups -OCH3 is 2. The van der Waals surface area contributed by atoms with E-state index in [1.165, 1.54) is 0 Å². The van der Waals surface area contributed by atoms with Gasteiger partial charge in [-0.2, -0.15) is 0 Å². The Hall–Kier alpha value is -1.95. The number of nitrogens with one attached hydrogen (secondary N) is 2. The summed E-state index contributed by atoms with van der Waals surface area (Å²) >= 11 is 0. The number of hydrogen-bond donors (Lipinski definition) is 2. The fourth-order valence-electron chi connectivity index (χ4n) is 1.76. The lowest BCUT2D eigenvalue weighted by Gasteiger charge is -2.14. The van der Waals surface area contributed by atoms with E-state index in [2.05, 4.69) is 15.6 Å². The van der Waals surface area contributed by atoms with Crippen molar-refractivity contribution in [2.24, 2.45) is 4.99 Å². The fraction of sp³-hybridized carbons (Fsp3) is 0.533. The summed E-state index contributed by atoms with van der Waals surface area (Å²) in [6.07, 6.45) is 0.921. The molecule has 118 valence electrons. The summed E-state index contributed by atoms with van der Waals surface area (Å²) in [5, 5.41) is 6.44. The summed E-state index contributed by atoms with van der Waals surface area (Å²) in [5.74, 6) is 2.13. The third-order valence-electron chi connectivity index (χ3n) is 2.77. The van der Waals surface area contributed by atoms with Crippen molar-refractivity contribution in [1.82, 2.24) is 5.32 Å². The van der Waals surface area contributed by atoms with Crippen molar-refractivity contribution >= 4 is 11.6 Å². The number of hydrogen-bond acceptors (Lipinski definition) is 4. The van der Waals surface area contributed by atoms with E-state index in [9.17, 15) is 0 Å². The van der Waals surface area contributed by atoms with Gasteiger partial charge in [0.25, 0.3) is 0 Å². The Morgan fingerprint density at radius 1 is 1.24 bits per heavy atom. The molecule has 0 unspecified atom stereocenters. The van der Waals surface area contributed by atoms with Gasteiger partial charge in [-0.05, 0) is 25.5 Å². The predicted molar refractivity (Wildman–Crippen MR) is 85.6 cm³/mol. The number of guanidine groups is 1. The second kappa shape index (κ2) is 9.88. The average Bonchev–Trinajstić information content (AvgIpc) is 2.51. The van der Waals surface area contributed by atoms with E-state index in [-0.39, 0.29) is 0 Å². The van der Waals surface area contributed by atoms with Gasteiger partial charge < -0.3 is 24.8 Å². The van der Waals surface area contributed by atoms with Gasteiger partial charge in [-0.25, -0.2) is 0 Å². The summed E-state index contributed by atoms with van der Waals surface area (Å²) in [4.78, 5) is 4.18. The zero-order chi connectivity index (χ0) is 15.5. The molecule has 0 amide bonds. The van der Waals surface area contributed by atoms with E-state index in [1.807, 2.05) is 25.1 Å². The molecule has 2 N–H and O–H groups in total. The van der Waals surface area contributed by atoms with Crippen LogP contribution in [0.25, 0.3) is 0 Å². The molecule has 0 aliphatic rings. The van der Waals surface area contributed by atoms with Crippen molar-refractivity contribution in [3.8, 4) is 11.5 Å². The molecule has 0 aliphatic carbocycles. The third-order valence-corrected chi connectivity index (χ3v) is 2.77. The van der Waals surface area contributed by atoms with Crippen molar-refractivity contribution < 1.29 is 14.2 Å². The van der Waals surface area contributed by atoms with Crippen molar-refractivity contribution in [3.05, 3.63) is 18.2 Å². The van der Waals surface area contributed by atoms with Gasteiger partial charge in [0.15, 0.2) is 17.5 Å². The van der Waals surface area contributed by atoms with Crippen molar-refractivity contribution in [3.63, 3.8) is 0 Å². The summed E-state index contributed by atoms with van der Waals surface area (Å²) in [6.45, 7) is 4.04. The summed E-state index contributed by atoms with van der Waals surface area (Å²) in [7, 11) is 5.06. The van der Waals surface area contributed by atoms with Gasteiger partial charge in [-0.1, -0.05) is 0 Å². The molecule has 21 heavy (non-hydrogen) atoms. The lowest BCUT2D eigenvalue weighted by atomic mass is 10.2. The zero-order valence-electron chi connectivity index (χ0n) is 13.2. The predicted octanol–water partition coefficient (Wildman–Crippen LogP) is 2.12. The Morgan fingerprint density at radius 3 is 2.67 bits per heavy atom. The maximum absolute atomic E-state index is 5.56. The summed E-state index contributed by atoms with van der Waals surface area (Å²) in [5.41, 5.74) is 0.888. The van der Waals surface area contributed by atoms with Crippen LogP contribution < -0.4 is 20.1 Å². The second-order valence-electron chi connectivity index (χ2n) is 4.27. The van der Waals surface area contributed by atoms with Crippen LogP contribution in [0, 0.1) is 0 Å². The minimum absolute atomic E-state index is 0.587. The quantitative estimate of drug-likeness (QED) is 0.437. The van der Waals surface area contributed by atoms with E-state index < -0.39 is 0 Å². The first kappa shape index (κ1) is 17.1. The smallest absolute Gasteiger partial charge is 0.195 e. The lowest BCUT2D eigenvalue weighted by Crippen LogP contribution is -2.31. The molecule has 1 aromatic carbocycles. The van der Waals surface area contributed by atoms with Gasteiger partial charge in [-0.3, -0.25) is 4.99 Å². The Balaban J connectivity index is 2.65. The van der Waals surface area contributed by atoms with Gasteiger partial charge in [0.05, 0.1) is 13.7 Å². The number of nitrogens with zero attached hydrogens (tertiary/aromatic N) is 1. The third kappa shape index (κ3) is 5.91. The van der Waals surface area contributed by atoms with Gasteiger partial charge in [0.1, 0.15) is 0 Å². The zero-order valence-corrected chi connectivity index (χ0v) is 13.2. The number of benzene rings is 1. The molecule has 0 bridgehead atoms. The Bertz CT molecular complexity index is 450. The van der Waals surface area contributed by atoms with Gasteiger partial charge >= 0.3 is 0 Å². The summed E-state index contributed by atoms with van der Waals surface area (Å²) in [6, 6.07) is 5.68. The highest BCUT2D eigenvalue weighted by molar-refractivity contribution is 5.93. The fourth-order valence-corrected chi connectivity index (χ4v) is 1.76. The molecule has 0 aromatic heterocycles. The van der Waals surface area contributed by atoms with E-state index in [1.54, 1.807) is 21.3 Å². The van der Waals surface area contributed by atoms with Crippen molar-refractivity contribution in [1.29, 1.82) is 0 Å². The Labute approximate surface area is 126 Å². The maximum atomic E-state index is 5.56. The molecule has 0 saturated heterocycles. The molecule has 6 nitrogen and oxygen atoms in total. The van der Waals surface area contributed by atoms with Gasteiger partial charge in [0.2, 0.25) is 0 Å². The topological polar surface area (TPSA) is 64.1 Å². The highest BCUT2D eigenvalue weighted by Crippen LogP contribution is 2.30. The Kier molecular flexibility index (Phi) is 8.04. The minimum Gasteiger partial charge on any atom is -0.493 e. The number of anilines is 1. The molecule has 0 saturated carbocycles. The van der Waals surface area contributed by atoms with E-state index in [4.69, 9.17) is 14.2 Å². The summed E-state index contributed by atoms with van der Waals surface area (Å²) < 4.78 is 15.8. The standard InChI is InChI=1S/C15H25N3O3/c1-5-21-14-11-12(7-8-13(14)20-4)18-15(16-2)17-9-6-10-19-3/h7-8,11H,5-6,9-10H2,1-4H3,(H2,16,17,18). The van der Waals surface area contributed by atoms with Crippen molar-refractivity contribution in [2.45, 2.75) is 13.3 Å². The lowest BCUT2D eigenvalue weighted by molar-refractivity contribution is 0.195. The van der Waals surface area contributed by atoms with Crippen LogP contribution in [0.3, 0.4) is 0 Å². The second-order valence-corrected chi connectivity index (χ2v) is 4.27. The first-order valence-electron chi connectivity index (χ1n) is 7.02. The van der Waals surface area contributed by atoms with Gasteiger partial charge in [0, 0.05) is 39.1 Å². The largest absolute Gasteiger partial charge is 0.493 e. The van der Waals surface area contributed by atoms with Crippen LogP contribution in [-0.2, 0) is 4.74 Å². The first-order chi connectivity index (χ1) is 10.2. The van der Waals surface area contributed by atoms with Crippen LogP contribution in [0.1, 0.15) is 13.3 Å². The van der Waals surface area contributed by atoms with Crippen molar-refractivity contribution in [2.75, 3.05) is 46.3 Å². The minimum atomic E-state index is 0.587. The van der Waals surface area contributed by atoms with Crippen LogP contribution in [0.15, 0.2) is 23.2 Å². The monoisotopic (exact) mass is 295 g/mol. The molecule has 0 spiro atoms. The molecule has 0 atom stereocenters. The number of rotatable bonds is 8. The molecule has 0 radical (unpaired) electrons. The highest BCUT2D eigenvalue weighted by atomic mass is 16.5. The molecule has 0 heterocycles. The molecular weight excluding hydrogens is 270 g/mol. The number of ether oxygens (including phenoxy) is 3. The molecule has 0 fully saturated rings. The Morgan fingerprint density at radius 2 is 2.05 bits per heavy atom. The van der Waals surface area contributed by atoms with Crippen LogP contribution in [0.4, 0.5) is 5.69 Å². The van der Waals surface area contributed by atoms with E-state index in [0.717, 1.165) is 25.3 Å². The van der Waals surface area contributed by atoms with Crippen LogP contribution in [0.5, 0.6) is 11.5 Å². The van der Waals surface area contributed by atoms with Crippen LogP contribution in [-0.4, -0.2) is 47.0 Å². The maximum Gasteiger partial charge on any atom is 0.195 e. The van der Waals surface area contributed by atoms with Crippen LogP contribution >= 0.6 is 0 Å². The van der Waals surface area contributed by atoms with E-state index in [0.29, 0.717) is 24.1 Å². The highest BCUT2D eigenvalue weighted by Gasteiger charge is 2.06. The first-order valence-corrected chi connectivity index (χ1v) is 7.02. The van der Waals surface area contributed by atoms with E-state index >= 15 is 0 Å². The molecule has 1 aromatic rings. The molecular formula is C15H25N3O3. The average molecular weight is 295 g/mol. The molecule has 1 rings (SSSR count). The molecule has 0 aliphatic heterocycles. The molecule has 6 heteroatoms. The number of aliphatic imine (C=N–C) groups is 1. The van der Waals surface area contributed by atoms with Gasteiger partial charge in [-0.15, -0.1) is 0 Å².